The van der Waals surface area contributed by atoms with E-state index in [1.165, 1.54) is 6.08 Å². The monoisotopic (exact) mass is 301 g/mol. The third kappa shape index (κ3) is 4.13. The summed E-state index contributed by atoms with van der Waals surface area (Å²) in [6.07, 6.45) is 8.90. The molecule has 4 heteroatoms. The van der Waals surface area contributed by atoms with E-state index in [4.69, 9.17) is 9.47 Å². The number of allylic oxidation sites excluding steroid dienone is 3. The summed E-state index contributed by atoms with van der Waals surface area (Å²) in [6, 6.07) is 3.71. The number of ether oxygens (including phenoxy) is 2. The summed E-state index contributed by atoms with van der Waals surface area (Å²) in [5.74, 6) is 1.80. The zero-order valence-corrected chi connectivity index (χ0v) is 13.4. The zero-order chi connectivity index (χ0) is 15.9. The van der Waals surface area contributed by atoms with Gasteiger partial charge in [0.1, 0.15) is 0 Å². The van der Waals surface area contributed by atoms with Gasteiger partial charge in [-0.25, -0.2) is 0 Å². The van der Waals surface area contributed by atoms with Crippen LogP contribution in [-0.4, -0.2) is 12.7 Å². The van der Waals surface area contributed by atoms with Gasteiger partial charge in [-0.15, -0.1) is 0 Å². The molecule has 22 heavy (non-hydrogen) atoms. The van der Waals surface area contributed by atoms with Gasteiger partial charge in [0.25, 0.3) is 0 Å². The Morgan fingerprint density at radius 3 is 2.86 bits per heavy atom. The van der Waals surface area contributed by atoms with Crippen LogP contribution in [0.2, 0.25) is 0 Å². The van der Waals surface area contributed by atoms with E-state index in [0.29, 0.717) is 5.92 Å². The highest BCUT2D eigenvalue weighted by Crippen LogP contribution is 2.40. The summed E-state index contributed by atoms with van der Waals surface area (Å²) >= 11 is 0. The molecule has 0 saturated carbocycles. The molecule has 0 atom stereocenters. The van der Waals surface area contributed by atoms with Gasteiger partial charge in [-0.05, 0) is 30.9 Å². The number of anilines is 1. The molecule has 0 bridgehead atoms. The van der Waals surface area contributed by atoms with Crippen LogP contribution in [0.4, 0.5) is 5.69 Å². The lowest BCUT2D eigenvalue weighted by Crippen LogP contribution is -2.11. The summed E-state index contributed by atoms with van der Waals surface area (Å²) in [7, 11) is 0. The summed E-state index contributed by atoms with van der Waals surface area (Å²) < 4.78 is 11.0. The standard InChI is InChI=1S/C18H23NO3/c1-4-5-6-7-8-17(20)19-15-9-10-16-18(22-12-21-16)14(15)11-13(2)3/h5-10,13H,4,11-12H2,1-3H3,(H,19,20)/b6-5+,8-7+. The Morgan fingerprint density at radius 2 is 2.14 bits per heavy atom. The van der Waals surface area contributed by atoms with Crippen LogP contribution >= 0.6 is 0 Å². The molecular formula is C18H23NO3. The average molecular weight is 301 g/mol. The maximum Gasteiger partial charge on any atom is 0.248 e. The Hall–Kier alpha value is -2.23. The van der Waals surface area contributed by atoms with Crippen molar-refractivity contribution in [1.29, 1.82) is 0 Å². The number of hydrogen-bond acceptors (Lipinski definition) is 3. The molecule has 1 aliphatic rings. The number of carbonyl (C=O) groups is 1. The van der Waals surface area contributed by atoms with Crippen LogP contribution < -0.4 is 14.8 Å². The summed E-state index contributed by atoms with van der Waals surface area (Å²) in [5, 5.41) is 2.93. The van der Waals surface area contributed by atoms with E-state index >= 15 is 0 Å². The van der Waals surface area contributed by atoms with Gasteiger partial charge in [0.2, 0.25) is 12.7 Å². The second-order valence-corrected chi connectivity index (χ2v) is 5.61. The Morgan fingerprint density at radius 1 is 1.32 bits per heavy atom. The molecule has 118 valence electrons. The molecule has 1 amide bonds. The molecule has 1 aromatic carbocycles. The number of benzene rings is 1. The van der Waals surface area contributed by atoms with Crippen LogP contribution in [0.3, 0.4) is 0 Å². The topological polar surface area (TPSA) is 47.6 Å². The first-order chi connectivity index (χ1) is 10.6. The Bertz CT molecular complexity index is 588. The minimum atomic E-state index is -0.148. The summed E-state index contributed by atoms with van der Waals surface area (Å²) in [6.45, 7) is 6.56. The molecule has 1 N–H and O–H groups in total. The quantitative estimate of drug-likeness (QED) is 0.636. The van der Waals surface area contributed by atoms with Crippen LogP contribution in [0.1, 0.15) is 32.8 Å². The molecule has 1 heterocycles. The fourth-order valence-electron chi connectivity index (χ4n) is 2.29. The fourth-order valence-corrected chi connectivity index (χ4v) is 2.29. The smallest absolute Gasteiger partial charge is 0.248 e. The third-order valence-electron chi connectivity index (χ3n) is 3.24. The molecular weight excluding hydrogens is 278 g/mol. The van der Waals surface area contributed by atoms with Crippen molar-refractivity contribution < 1.29 is 14.3 Å². The first kappa shape index (κ1) is 16.1. The van der Waals surface area contributed by atoms with E-state index < -0.39 is 0 Å². The maximum absolute atomic E-state index is 12.0. The van der Waals surface area contributed by atoms with Gasteiger partial charge in [-0.3, -0.25) is 4.79 Å². The number of carbonyl (C=O) groups excluding carboxylic acids is 1. The second kappa shape index (κ2) is 7.69. The third-order valence-corrected chi connectivity index (χ3v) is 3.24. The highest BCUT2D eigenvalue weighted by molar-refractivity contribution is 6.00. The highest BCUT2D eigenvalue weighted by Gasteiger charge is 2.21. The number of amides is 1. The molecule has 0 aliphatic carbocycles. The molecule has 4 nitrogen and oxygen atoms in total. The molecule has 0 fully saturated rings. The molecule has 1 aromatic rings. The number of nitrogens with one attached hydrogen (secondary N) is 1. The van der Waals surface area contributed by atoms with Gasteiger partial charge in [-0.2, -0.15) is 0 Å². The van der Waals surface area contributed by atoms with Crippen molar-refractivity contribution in [1.82, 2.24) is 0 Å². The van der Waals surface area contributed by atoms with E-state index in [0.717, 1.165) is 35.6 Å². The Kier molecular flexibility index (Phi) is 5.64. The van der Waals surface area contributed by atoms with Crippen LogP contribution in [0.25, 0.3) is 0 Å². The fraction of sp³-hybridized carbons (Fsp3) is 0.389. The van der Waals surface area contributed by atoms with E-state index in [1.54, 1.807) is 6.08 Å². The number of fused-ring (bicyclic) bond motifs is 1. The van der Waals surface area contributed by atoms with E-state index in [2.05, 4.69) is 26.1 Å². The second-order valence-electron chi connectivity index (χ2n) is 5.61. The van der Waals surface area contributed by atoms with Crippen LogP contribution in [0, 0.1) is 5.92 Å². The largest absolute Gasteiger partial charge is 0.454 e. The first-order valence-corrected chi connectivity index (χ1v) is 7.67. The molecule has 2 rings (SSSR count). The molecule has 1 aliphatic heterocycles. The van der Waals surface area contributed by atoms with Gasteiger partial charge in [0.05, 0.1) is 0 Å². The van der Waals surface area contributed by atoms with Gasteiger partial charge in [-0.1, -0.05) is 39.0 Å². The predicted molar refractivity (Wildman–Crippen MR) is 88.3 cm³/mol. The van der Waals surface area contributed by atoms with Gasteiger partial charge >= 0.3 is 0 Å². The van der Waals surface area contributed by atoms with Crippen LogP contribution in [0.5, 0.6) is 11.5 Å². The average Bonchev–Trinajstić information content (AvgIpc) is 2.94. The zero-order valence-electron chi connectivity index (χ0n) is 13.4. The SMILES string of the molecule is CC/C=C/C=C/C(=O)Nc1ccc2c(c1CC(C)C)OCO2. The minimum Gasteiger partial charge on any atom is -0.454 e. The van der Waals surface area contributed by atoms with Crippen molar-refractivity contribution in [3.63, 3.8) is 0 Å². The van der Waals surface area contributed by atoms with E-state index in [9.17, 15) is 4.79 Å². The lowest BCUT2D eigenvalue weighted by molar-refractivity contribution is -0.111. The van der Waals surface area contributed by atoms with Crippen molar-refractivity contribution >= 4 is 11.6 Å². The molecule has 0 aromatic heterocycles. The molecule has 0 radical (unpaired) electrons. The van der Waals surface area contributed by atoms with Crippen molar-refractivity contribution in [3.8, 4) is 11.5 Å². The normalized spacial score (nSPS) is 13.5. The van der Waals surface area contributed by atoms with Crippen molar-refractivity contribution in [2.75, 3.05) is 12.1 Å². The number of hydrogen-bond donors (Lipinski definition) is 1. The van der Waals surface area contributed by atoms with Crippen LogP contribution in [0.15, 0.2) is 36.4 Å². The summed E-state index contributed by atoms with van der Waals surface area (Å²) in [5.41, 5.74) is 1.78. The molecule has 0 spiro atoms. The first-order valence-electron chi connectivity index (χ1n) is 7.67. The van der Waals surface area contributed by atoms with Crippen LogP contribution in [-0.2, 0) is 11.2 Å². The van der Waals surface area contributed by atoms with Gasteiger partial charge in [0, 0.05) is 17.3 Å². The maximum atomic E-state index is 12.0. The predicted octanol–water partition coefficient (Wildman–Crippen LogP) is 4.07. The Labute approximate surface area is 131 Å². The molecule has 0 unspecified atom stereocenters. The Balaban J connectivity index is 2.18. The summed E-state index contributed by atoms with van der Waals surface area (Å²) in [4.78, 5) is 12.0. The lowest BCUT2D eigenvalue weighted by Gasteiger charge is -2.14. The van der Waals surface area contributed by atoms with Crippen molar-refractivity contribution in [3.05, 3.63) is 42.0 Å². The van der Waals surface area contributed by atoms with E-state index in [-0.39, 0.29) is 12.7 Å². The van der Waals surface area contributed by atoms with Crippen molar-refractivity contribution in [2.45, 2.75) is 33.6 Å². The van der Waals surface area contributed by atoms with Gasteiger partial charge < -0.3 is 14.8 Å². The lowest BCUT2D eigenvalue weighted by atomic mass is 9.99. The minimum absolute atomic E-state index is 0.148. The highest BCUT2D eigenvalue weighted by atomic mass is 16.7. The van der Waals surface area contributed by atoms with Crippen molar-refractivity contribution in [2.24, 2.45) is 5.92 Å². The molecule has 0 saturated heterocycles. The van der Waals surface area contributed by atoms with E-state index in [1.807, 2.05) is 24.3 Å². The number of rotatable bonds is 6. The van der Waals surface area contributed by atoms with Gasteiger partial charge in [0.15, 0.2) is 11.5 Å².